The number of amides is 1. The van der Waals surface area contributed by atoms with Gasteiger partial charge in [-0.2, -0.15) is 0 Å². The van der Waals surface area contributed by atoms with E-state index < -0.39 is 0 Å². The van der Waals surface area contributed by atoms with Gasteiger partial charge in [0.1, 0.15) is 10.7 Å². The van der Waals surface area contributed by atoms with E-state index in [0.29, 0.717) is 36.1 Å². The van der Waals surface area contributed by atoms with Gasteiger partial charge in [0.2, 0.25) is 0 Å². The molecular weight excluding hydrogens is 552 g/mol. The second-order valence-corrected chi connectivity index (χ2v) is 12.1. The maximum atomic E-state index is 14.0. The zero-order valence-electron chi connectivity index (χ0n) is 23.4. The highest BCUT2D eigenvalue weighted by Crippen LogP contribution is 2.36. The highest BCUT2D eigenvalue weighted by Gasteiger charge is 2.25. The number of aromatic nitrogens is 2. The Balaban J connectivity index is 1.34. The summed E-state index contributed by atoms with van der Waals surface area (Å²) in [6, 6.07) is 24.8. The van der Waals surface area contributed by atoms with Gasteiger partial charge in [-0.05, 0) is 55.3 Å². The van der Waals surface area contributed by atoms with E-state index in [-0.39, 0.29) is 5.91 Å². The fourth-order valence-electron chi connectivity index (χ4n) is 5.74. The fourth-order valence-corrected chi connectivity index (χ4v) is 7.22. The second kappa shape index (κ2) is 12.7. The maximum absolute atomic E-state index is 14.0. The van der Waals surface area contributed by atoms with E-state index in [1.807, 2.05) is 41.3 Å². The van der Waals surface area contributed by atoms with Crippen LogP contribution in [0.2, 0.25) is 5.02 Å². The number of carbonyl (C=O) groups is 1. The smallest absolute Gasteiger partial charge is 0.265 e. The number of piperidine rings is 1. The molecule has 0 aliphatic carbocycles. The lowest BCUT2D eigenvalue weighted by molar-refractivity contribution is 0.0678. The Labute approximate surface area is 250 Å². The summed E-state index contributed by atoms with van der Waals surface area (Å²) < 4.78 is 8.68. The summed E-state index contributed by atoms with van der Waals surface area (Å²) in [5.41, 5.74) is 4.62. The molecule has 2 aromatic heterocycles. The van der Waals surface area contributed by atoms with Gasteiger partial charge in [-0.1, -0.05) is 72.6 Å². The molecule has 41 heavy (non-hydrogen) atoms. The van der Waals surface area contributed by atoms with Crippen LogP contribution in [0.5, 0.6) is 0 Å². The molecule has 0 N–H and O–H groups in total. The molecule has 0 unspecified atom stereocenters. The molecule has 212 valence electrons. The number of halogens is 1. The number of nitrogens with zero attached hydrogens (tertiary/aromatic N) is 4. The molecule has 0 saturated carbocycles. The number of fused-ring (bicyclic) bond motifs is 2. The van der Waals surface area contributed by atoms with Crippen LogP contribution in [0.25, 0.3) is 21.1 Å². The average Bonchev–Trinajstić information content (AvgIpc) is 3.53. The van der Waals surface area contributed by atoms with Crippen LogP contribution in [-0.2, 0) is 24.4 Å². The summed E-state index contributed by atoms with van der Waals surface area (Å²) >= 11 is 8.18. The van der Waals surface area contributed by atoms with Gasteiger partial charge in [-0.15, -0.1) is 11.3 Å². The molecule has 1 saturated heterocycles. The van der Waals surface area contributed by atoms with Crippen molar-refractivity contribution in [3.63, 3.8) is 0 Å². The zero-order valence-corrected chi connectivity index (χ0v) is 25.0. The molecule has 1 aliphatic heterocycles. The van der Waals surface area contributed by atoms with Crippen molar-refractivity contribution >= 4 is 50.0 Å². The number of benzene rings is 3. The maximum Gasteiger partial charge on any atom is 0.265 e. The van der Waals surface area contributed by atoms with E-state index in [4.69, 9.17) is 21.3 Å². The molecule has 3 heterocycles. The number of ether oxygens (including phenoxy) is 1. The number of hydrogen-bond donors (Lipinski definition) is 0. The van der Waals surface area contributed by atoms with Crippen LogP contribution in [0, 0.1) is 0 Å². The topological polar surface area (TPSA) is 50.6 Å². The molecule has 3 aromatic carbocycles. The van der Waals surface area contributed by atoms with Crippen molar-refractivity contribution in [3.8, 4) is 0 Å². The van der Waals surface area contributed by atoms with Gasteiger partial charge in [0.25, 0.3) is 5.91 Å². The van der Waals surface area contributed by atoms with E-state index in [1.54, 1.807) is 7.11 Å². The van der Waals surface area contributed by atoms with Crippen molar-refractivity contribution in [2.24, 2.45) is 0 Å². The van der Waals surface area contributed by atoms with E-state index in [2.05, 4.69) is 45.9 Å². The standard InChI is InChI=1S/C33H35ClN4O2S/c1-40-20-19-37(33(39)32-31(34)26-13-5-8-16-29(26)41-32)23-30-35-27-14-6-7-15-28(27)38(30)22-25-12-4-3-11-24(25)21-36-17-9-2-10-18-36/h3-8,11-16H,2,9-10,17-23H2,1H3. The summed E-state index contributed by atoms with van der Waals surface area (Å²) in [4.78, 5) is 23.9. The van der Waals surface area contributed by atoms with Crippen molar-refractivity contribution in [3.05, 3.63) is 99.6 Å². The van der Waals surface area contributed by atoms with E-state index in [0.717, 1.165) is 46.6 Å². The van der Waals surface area contributed by atoms with Gasteiger partial charge < -0.3 is 14.2 Å². The Morgan fingerprint density at radius 2 is 1.66 bits per heavy atom. The molecule has 0 spiro atoms. The number of para-hydroxylation sites is 2. The number of likely N-dealkylation sites (tertiary alicyclic amines) is 1. The molecule has 0 bridgehead atoms. The lowest BCUT2D eigenvalue weighted by atomic mass is 10.0. The Hall–Kier alpha value is -3.23. The molecule has 5 aromatic rings. The van der Waals surface area contributed by atoms with Gasteiger partial charge in [-0.25, -0.2) is 4.98 Å². The number of imidazole rings is 1. The Morgan fingerprint density at radius 3 is 2.44 bits per heavy atom. The van der Waals surface area contributed by atoms with Crippen molar-refractivity contribution in [2.45, 2.75) is 38.9 Å². The molecule has 0 radical (unpaired) electrons. The minimum absolute atomic E-state index is 0.0997. The number of thiophene rings is 1. The normalized spacial score (nSPS) is 14.2. The average molecular weight is 587 g/mol. The SMILES string of the molecule is COCCN(Cc1nc2ccccc2n1Cc1ccccc1CN1CCCCC1)C(=O)c1sc2ccccc2c1Cl. The highest BCUT2D eigenvalue weighted by atomic mass is 35.5. The molecule has 1 aliphatic rings. The van der Waals surface area contributed by atoms with Crippen LogP contribution >= 0.6 is 22.9 Å². The summed E-state index contributed by atoms with van der Waals surface area (Å²) in [7, 11) is 1.66. The summed E-state index contributed by atoms with van der Waals surface area (Å²) in [6.07, 6.45) is 3.87. The van der Waals surface area contributed by atoms with Crippen molar-refractivity contribution in [1.29, 1.82) is 0 Å². The van der Waals surface area contributed by atoms with Crippen LogP contribution in [0.15, 0.2) is 72.8 Å². The van der Waals surface area contributed by atoms with E-state index in [1.165, 1.54) is 41.7 Å². The molecule has 1 amide bonds. The zero-order chi connectivity index (χ0) is 28.2. The minimum atomic E-state index is -0.0997. The van der Waals surface area contributed by atoms with Crippen LogP contribution in [0.3, 0.4) is 0 Å². The quantitative estimate of drug-likeness (QED) is 0.173. The third-order valence-corrected chi connectivity index (χ3v) is 9.60. The van der Waals surface area contributed by atoms with Gasteiger partial charge in [-0.3, -0.25) is 9.69 Å². The largest absolute Gasteiger partial charge is 0.383 e. The predicted molar refractivity (Wildman–Crippen MR) is 168 cm³/mol. The van der Waals surface area contributed by atoms with Gasteiger partial charge in [0.05, 0.1) is 29.2 Å². The Kier molecular flexibility index (Phi) is 8.67. The van der Waals surface area contributed by atoms with E-state index in [9.17, 15) is 4.79 Å². The number of hydrogen-bond acceptors (Lipinski definition) is 5. The van der Waals surface area contributed by atoms with Crippen LogP contribution in [0.1, 0.15) is 45.9 Å². The third kappa shape index (κ3) is 6.04. The van der Waals surface area contributed by atoms with Crippen molar-refractivity contribution in [2.75, 3.05) is 33.4 Å². The number of carbonyl (C=O) groups excluding carboxylic acids is 1. The number of methoxy groups -OCH3 is 1. The molecule has 8 heteroatoms. The molecule has 1 fully saturated rings. The van der Waals surface area contributed by atoms with Crippen molar-refractivity contribution in [1.82, 2.24) is 19.4 Å². The fraction of sp³-hybridized carbons (Fsp3) is 0.333. The summed E-state index contributed by atoms with van der Waals surface area (Å²) in [6.45, 7) is 5.18. The van der Waals surface area contributed by atoms with Crippen molar-refractivity contribution < 1.29 is 9.53 Å². The van der Waals surface area contributed by atoms with Crippen LogP contribution in [-0.4, -0.2) is 58.6 Å². The molecule has 6 nitrogen and oxygen atoms in total. The Morgan fingerprint density at radius 1 is 0.951 bits per heavy atom. The first-order valence-electron chi connectivity index (χ1n) is 14.3. The third-order valence-electron chi connectivity index (χ3n) is 7.94. The first kappa shape index (κ1) is 27.9. The summed E-state index contributed by atoms with van der Waals surface area (Å²) in [5, 5.41) is 1.42. The molecular formula is C33H35ClN4O2S. The highest BCUT2D eigenvalue weighted by molar-refractivity contribution is 7.21. The predicted octanol–water partition coefficient (Wildman–Crippen LogP) is 7.23. The first-order chi connectivity index (χ1) is 20.1. The molecule has 6 rings (SSSR count). The van der Waals surface area contributed by atoms with Gasteiger partial charge in [0.15, 0.2) is 0 Å². The summed E-state index contributed by atoms with van der Waals surface area (Å²) in [5.74, 6) is 0.748. The second-order valence-electron chi connectivity index (χ2n) is 10.7. The Bertz CT molecular complexity index is 1660. The lowest BCUT2D eigenvalue weighted by Crippen LogP contribution is -2.34. The van der Waals surface area contributed by atoms with Gasteiger partial charge in [0, 0.05) is 36.8 Å². The monoisotopic (exact) mass is 586 g/mol. The van der Waals surface area contributed by atoms with Crippen LogP contribution in [0.4, 0.5) is 0 Å². The number of rotatable bonds is 10. The van der Waals surface area contributed by atoms with E-state index >= 15 is 0 Å². The lowest BCUT2D eigenvalue weighted by Gasteiger charge is -2.27. The van der Waals surface area contributed by atoms with Crippen LogP contribution < -0.4 is 0 Å². The minimum Gasteiger partial charge on any atom is -0.383 e. The first-order valence-corrected chi connectivity index (χ1v) is 15.5. The van der Waals surface area contributed by atoms with Gasteiger partial charge >= 0.3 is 0 Å². The molecule has 0 atom stereocenters.